The molecule has 0 radical (unpaired) electrons. The Hall–Kier alpha value is -1.97. The maximum Gasteiger partial charge on any atom is 0.164 e. The van der Waals surface area contributed by atoms with Crippen molar-refractivity contribution in [2.45, 2.75) is 19.8 Å². The Kier molecular flexibility index (Phi) is 5.44. The molecule has 0 saturated heterocycles. The quantitative estimate of drug-likeness (QED) is 0.756. The second kappa shape index (κ2) is 7.73. The molecule has 124 valence electrons. The first-order valence-corrected chi connectivity index (χ1v) is 8.63. The van der Waals surface area contributed by atoms with Crippen molar-refractivity contribution in [1.29, 1.82) is 0 Å². The summed E-state index contributed by atoms with van der Waals surface area (Å²) < 4.78 is 0. The fourth-order valence-corrected chi connectivity index (χ4v) is 3.12. The number of pyridine rings is 1. The molecule has 0 aliphatic carbocycles. The van der Waals surface area contributed by atoms with Crippen LogP contribution in [0.5, 0.6) is 0 Å². The van der Waals surface area contributed by atoms with Crippen LogP contribution < -0.4 is 0 Å². The van der Waals surface area contributed by atoms with Gasteiger partial charge >= 0.3 is 0 Å². The zero-order chi connectivity index (χ0) is 16.9. The number of nitrogens with zero attached hydrogens (tertiary/aromatic N) is 2. The van der Waals surface area contributed by atoms with E-state index in [2.05, 4.69) is 29.0 Å². The lowest BCUT2D eigenvalue weighted by molar-refractivity contribution is 0.0966. The highest BCUT2D eigenvalue weighted by Gasteiger charge is 2.16. The maximum absolute atomic E-state index is 12.2. The van der Waals surface area contributed by atoms with Gasteiger partial charge in [-0.15, -0.1) is 0 Å². The number of aromatic nitrogens is 1. The SMILES string of the molecule is Cc1cccnc1C1=CCN(CCC(=O)c2ccc(Cl)cc2)CC1. The third-order valence-corrected chi connectivity index (χ3v) is 4.68. The molecule has 0 spiro atoms. The summed E-state index contributed by atoms with van der Waals surface area (Å²) in [7, 11) is 0. The largest absolute Gasteiger partial charge is 0.299 e. The molecule has 24 heavy (non-hydrogen) atoms. The van der Waals surface area contributed by atoms with Crippen LogP contribution in [0.25, 0.3) is 5.57 Å². The van der Waals surface area contributed by atoms with Gasteiger partial charge in [0.05, 0.1) is 5.69 Å². The minimum absolute atomic E-state index is 0.169. The third kappa shape index (κ3) is 4.11. The van der Waals surface area contributed by atoms with Crippen molar-refractivity contribution in [3.05, 3.63) is 70.5 Å². The van der Waals surface area contributed by atoms with E-state index < -0.39 is 0 Å². The van der Waals surface area contributed by atoms with Crippen molar-refractivity contribution in [3.8, 4) is 0 Å². The number of benzene rings is 1. The normalized spacial score (nSPS) is 15.2. The van der Waals surface area contributed by atoms with Gasteiger partial charge in [-0.2, -0.15) is 0 Å². The van der Waals surface area contributed by atoms with Gasteiger partial charge in [0.2, 0.25) is 0 Å². The van der Waals surface area contributed by atoms with Crippen LogP contribution in [0.15, 0.2) is 48.7 Å². The minimum Gasteiger partial charge on any atom is -0.299 e. The number of halogens is 1. The van der Waals surface area contributed by atoms with Gasteiger partial charge < -0.3 is 0 Å². The molecule has 2 heterocycles. The lowest BCUT2D eigenvalue weighted by Gasteiger charge is -2.26. The monoisotopic (exact) mass is 340 g/mol. The number of hydrogen-bond acceptors (Lipinski definition) is 3. The minimum atomic E-state index is 0.169. The molecule has 0 amide bonds. The molecule has 1 aromatic heterocycles. The second-order valence-electron chi connectivity index (χ2n) is 6.13. The zero-order valence-electron chi connectivity index (χ0n) is 13.8. The fraction of sp³-hybridized carbons (Fsp3) is 0.300. The van der Waals surface area contributed by atoms with Crippen LogP contribution >= 0.6 is 11.6 Å². The number of rotatable bonds is 5. The maximum atomic E-state index is 12.2. The molecule has 1 aromatic carbocycles. The van der Waals surface area contributed by atoms with Crippen LogP contribution in [0.3, 0.4) is 0 Å². The fourth-order valence-electron chi connectivity index (χ4n) is 2.99. The van der Waals surface area contributed by atoms with E-state index in [1.165, 1.54) is 11.1 Å². The number of ketones is 1. The van der Waals surface area contributed by atoms with E-state index in [0.717, 1.165) is 37.3 Å². The zero-order valence-corrected chi connectivity index (χ0v) is 14.6. The highest BCUT2D eigenvalue weighted by Crippen LogP contribution is 2.23. The molecule has 3 nitrogen and oxygen atoms in total. The van der Waals surface area contributed by atoms with Gasteiger partial charge in [0.25, 0.3) is 0 Å². The molecule has 0 fully saturated rings. The summed E-state index contributed by atoms with van der Waals surface area (Å²) in [6, 6.07) is 11.2. The van der Waals surface area contributed by atoms with Crippen molar-refractivity contribution in [2.75, 3.05) is 19.6 Å². The van der Waals surface area contributed by atoms with E-state index in [4.69, 9.17) is 11.6 Å². The lowest BCUT2D eigenvalue weighted by atomic mass is 10.0. The highest BCUT2D eigenvalue weighted by molar-refractivity contribution is 6.30. The Balaban J connectivity index is 1.54. The molecule has 0 saturated carbocycles. The third-order valence-electron chi connectivity index (χ3n) is 4.43. The van der Waals surface area contributed by atoms with Crippen molar-refractivity contribution in [1.82, 2.24) is 9.88 Å². The number of Topliss-reactive ketones (excluding diaryl/α,β-unsaturated/α-hetero) is 1. The van der Waals surface area contributed by atoms with Crippen LogP contribution in [0, 0.1) is 6.92 Å². The lowest BCUT2D eigenvalue weighted by Crippen LogP contribution is -2.30. The average molecular weight is 341 g/mol. The number of carbonyl (C=O) groups excluding carboxylic acids is 1. The van der Waals surface area contributed by atoms with E-state index >= 15 is 0 Å². The number of hydrogen-bond donors (Lipinski definition) is 0. The Bertz CT molecular complexity index is 752. The first-order chi connectivity index (χ1) is 11.6. The van der Waals surface area contributed by atoms with E-state index in [1.807, 2.05) is 12.3 Å². The number of aryl methyl sites for hydroxylation is 1. The molecule has 0 bridgehead atoms. The van der Waals surface area contributed by atoms with Gasteiger partial charge in [0.1, 0.15) is 0 Å². The molecular weight excluding hydrogens is 320 g/mol. The Labute approximate surface area is 148 Å². The summed E-state index contributed by atoms with van der Waals surface area (Å²) in [5.74, 6) is 0.169. The molecule has 0 N–H and O–H groups in total. The molecule has 4 heteroatoms. The first-order valence-electron chi connectivity index (χ1n) is 8.25. The highest BCUT2D eigenvalue weighted by atomic mass is 35.5. The van der Waals surface area contributed by atoms with Crippen LogP contribution in [0.2, 0.25) is 5.02 Å². The predicted octanol–water partition coefficient (Wildman–Crippen LogP) is 4.41. The van der Waals surface area contributed by atoms with Crippen LogP contribution in [-0.4, -0.2) is 35.3 Å². The van der Waals surface area contributed by atoms with Crippen molar-refractivity contribution < 1.29 is 4.79 Å². The van der Waals surface area contributed by atoms with Gasteiger partial charge in [-0.05, 0) is 54.8 Å². The standard InChI is InChI=1S/C20H21ClN2O/c1-15-3-2-11-22-20(15)17-8-12-23(13-9-17)14-10-19(24)16-4-6-18(21)7-5-16/h2-8,11H,9-10,12-14H2,1H3. The van der Waals surface area contributed by atoms with Gasteiger partial charge in [-0.3, -0.25) is 14.7 Å². The molecule has 2 aromatic rings. The van der Waals surface area contributed by atoms with Crippen LogP contribution in [0.1, 0.15) is 34.5 Å². The summed E-state index contributed by atoms with van der Waals surface area (Å²) >= 11 is 5.86. The Morgan fingerprint density at radius 3 is 2.71 bits per heavy atom. The van der Waals surface area contributed by atoms with Crippen molar-refractivity contribution in [2.24, 2.45) is 0 Å². The predicted molar refractivity (Wildman–Crippen MR) is 98.4 cm³/mol. The van der Waals surface area contributed by atoms with Gasteiger partial charge in [0, 0.05) is 42.8 Å². The summed E-state index contributed by atoms with van der Waals surface area (Å²) in [6.45, 7) is 4.72. The molecule has 1 aliphatic rings. The molecule has 0 unspecified atom stereocenters. The topological polar surface area (TPSA) is 33.2 Å². The number of carbonyl (C=O) groups is 1. The Morgan fingerprint density at radius 1 is 1.25 bits per heavy atom. The summed E-state index contributed by atoms with van der Waals surface area (Å²) in [6.07, 6.45) is 5.60. The second-order valence-corrected chi connectivity index (χ2v) is 6.57. The van der Waals surface area contributed by atoms with Gasteiger partial charge in [0.15, 0.2) is 5.78 Å². The smallest absolute Gasteiger partial charge is 0.164 e. The van der Waals surface area contributed by atoms with Crippen LogP contribution in [-0.2, 0) is 0 Å². The molecule has 1 aliphatic heterocycles. The van der Waals surface area contributed by atoms with E-state index in [1.54, 1.807) is 24.3 Å². The van der Waals surface area contributed by atoms with Crippen LogP contribution in [0.4, 0.5) is 0 Å². The summed E-state index contributed by atoms with van der Waals surface area (Å²) in [5, 5.41) is 0.657. The average Bonchev–Trinajstić information content (AvgIpc) is 2.61. The van der Waals surface area contributed by atoms with Crippen molar-refractivity contribution in [3.63, 3.8) is 0 Å². The van der Waals surface area contributed by atoms with E-state index in [-0.39, 0.29) is 5.78 Å². The van der Waals surface area contributed by atoms with E-state index in [9.17, 15) is 4.79 Å². The molecule has 0 atom stereocenters. The summed E-state index contributed by atoms with van der Waals surface area (Å²) in [5.41, 5.74) is 4.37. The molecule has 3 rings (SSSR count). The first kappa shape index (κ1) is 16.9. The molecular formula is C20H21ClN2O. The Morgan fingerprint density at radius 2 is 2.04 bits per heavy atom. The van der Waals surface area contributed by atoms with Gasteiger partial charge in [-0.1, -0.05) is 23.7 Å². The summed E-state index contributed by atoms with van der Waals surface area (Å²) in [4.78, 5) is 19.0. The van der Waals surface area contributed by atoms with E-state index in [0.29, 0.717) is 11.4 Å². The van der Waals surface area contributed by atoms with Gasteiger partial charge in [-0.25, -0.2) is 0 Å². The van der Waals surface area contributed by atoms with Crippen molar-refractivity contribution >= 4 is 23.0 Å².